The highest BCUT2D eigenvalue weighted by molar-refractivity contribution is 5.93. The van der Waals surface area contributed by atoms with Gasteiger partial charge < -0.3 is 25.4 Å². The molecule has 9 nitrogen and oxygen atoms in total. The highest BCUT2D eigenvalue weighted by atomic mass is 16.6. The van der Waals surface area contributed by atoms with Crippen LogP contribution in [0.3, 0.4) is 0 Å². The smallest absolute Gasteiger partial charge is 0.408 e. The van der Waals surface area contributed by atoms with Crippen LogP contribution in [0.25, 0.3) is 0 Å². The molecule has 0 bridgehead atoms. The summed E-state index contributed by atoms with van der Waals surface area (Å²) in [6.07, 6.45) is 8.36. The lowest BCUT2D eigenvalue weighted by Gasteiger charge is -2.30. The second kappa shape index (κ2) is 12.5. The lowest BCUT2D eigenvalue weighted by atomic mass is 9.96. The van der Waals surface area contributed by atoms with Gasteiger partial charge >= 0.3 is 12.1 Å². The number of alkyl carbamates (subject to hydrolysis) is 1. The Labute approximate surface area is 190 Å². The van der Waals surface area contributed by atoms with E-state index in [2.05, 4.69) is 17.6 Å². The van der Waals surface area contributed by atoms with E-state index >= 15 is 0 Å². The minimum atomic E-state index is -1.47. The number of carboxylic acid groups (broad SMARTS) is 1. The first-order valence-corrected chi connectivity index (χ1v) is 11.4. The lowest BCUT2D eigenvalue weighted by Crippen LogP contribution is -2.57. The third-order valence-corrected chi connectivity index (χ3v) is 5.20. The summed E-state index contributed by atoms with van der Waals surface area (Å²) < 4.78 is 5.11. The fourth-order valence-electron chi connectivity index (χ4n) is 3.40. The van der Waals surface area contributed by atoms with Gasteiger partial charge in [0.1, 0.15) is 23.7 Å². The number of hydrogen-bond donors (Lipinski definition) is 3. The molecule has 182 valence electrons. The summed E-state index contributed by atoms with van der Waals surface area (Å²) in [5, 5.41) is 14.7. The summed E-state index contributed by atoms with van der Waals surface area (Å²) >= 11 is 0. The van der Waals surface area contributed by atoms with E-state index in [9.17, 15) is 24.3 Å². The van der Waals surface area contributed by atoms with Crippen molar-refractivity contribution in [1.82, 2.24) is 15.5 Å². The molecular weight excluding hydrogens is 414 g/mol. The monoisotopic (exact) mass is 453 g/mol. The number of carbonyl (C=O) groups excluding carboxylic acids is 3. The molecule has 0 aromatic rings. The number of likely N-dealkylation sites (tertiary alicyclic amines) is 1. The molecule has 1 saturated heterocycles. The number of unbranched alkanes of at least 4 members (excludes halogenated alkanes) is 3. The van der Waals surface area contributed by atoms with E-state index in [1.54, 1.807) is 26.8 Å². The van der Waals surface area contributed by atoms with E-state index < -0.39 is 41.1 Å². The van der Waals surface area contributed by atoms with Crippen molar-refractivity contribution in [2.45, 2.75) is 96.7 Å². The number of hydrogen-bond acceptors (Lipinski definition) is 5. The molecule has 1 fully saturated rings. The third kappa shape index (κ3) is 9.28. The summed E-state index contributed by atoms with van der Waals surface area (Å²) in [6, 6.07) is -0.768. The van der Waals surface area contributed by atoms with Crippen molar-refractivity contribution < 1.29 is 29.0 Å². The second-order valence-corrected chi connectivity index (χ2v) is 9.40. The fraction of sp³-hybridized carbons (Fsp3) is 0.739. The normalized spacial score (nSPS) is 18.3. The average molecular weight is 454 g/mol. The van der Waals surface area contributed by atoms with E-state index in [0.29, 0.717) is 19.4 Å². The predicted octanol–water partition coefficient (Wildman–Crippen LogP) is 2.99. The van der Waals surface area contributed by atoms with Crippen molar-refractivity contribution in [2.24, 2.45) is 0 Å². The molecule has 0 aromatic heterocycles. The van der Waals surface area contributed by atoms with Gasteiger partial charge in [-0.25, -0.2) is 9.59 Å². The van der Waals surface area contributed by atoms with Crippen LogP contribution < -0.4 is 10.6 Å². The summed E-state index contributed by atoms with van der Waals surface area (Å²) in [5.74, 6) is -2.05. The maximum absolute atomic E-state index is 12.9. The molecule has 3 amide bonds. The molecule has 1 unspecified atom stereocenters. The Bertz CT molecular complexity index is 700. The van der Waals surface area contributed by atoms with Crippen molar-refractivity contribution in [3.05, 3.63) is 12.2 Å². The number of rotatable bonds is 11. The topological polar surface area (TPSA) is 125 Å². The summed E-state index contributed by atoms with van der Waals surface area (Å²) in [7, 11) is 0. The van der Waals surface area contributed by atoms with Crippen LogP contribution in [0.4, 0.5) is 4.79 Å². The van der Waals surface area contributed by atoms with Crippen molar-refractivity contribution in [3.8, 4) is 0 Å². The van der Waals surface area contributed by atoms with Crippen LogP contribution in [-0.4, -0.2) is 64.2 Å². The third-order valence-electron chi connectivity index (χ3n) is 5.20. The summed E-state index contributed by atoms with van der Waals surface area (Å²) in [4.78, 5) is 50.5. The van der Waals surface area contributed by atoms with Crippen LogP contribution in [0.1, 0.15) is 79.6 Å². The number of allylic oxidation sites excluding steroid dienone is 1. The Balaban J connectivity index is 2.68. The number of ether oxygens (including phenoxy) is 1. The average Bonchev–Trinajstić information content (AvgIpc) is 3.17. The second-order valence-electron chi connectivity index (χ2n) is 9.40. The van der Waals surface area contributed by atoms with Crippen LogP contribution in [0, 0.1) is 0 Å². The minimum absolute atomic E-state index is 0.154. The molecule has 0 aromatic carbocycles. The molecule has 3 N–H and O–H groups in total. The molecule has 0 radical (unpaired) electrons. The Morgan fingerprint density at radius 1 is 1.12 bits per heavy atom. The van der Waals surface area contributed by atoms with E-state index in [1.165, 1.54) is 11.8 Å². The maximum Gasteiger partial charge on any atom is 0.408 e. The van der Waals surface area contributed by atoms with E-state index in [-0.39, 0.29) is 13.0 Å². The van der Waals surface area contributed by atoms with E-state index in [1.807, 2.05) is 6.08 Å². The minimum Gasteiger partial charge on any atom is -0.480 e. The molecule has 0 aliphatic carbocycles. The molecule has 1 aliphatic heterocycles. The lowest BCUT2D eigenvalue weighted by molar-refractivity contribution is -0.148. The Kier molecular flexibility index (Phi) is 10.7. The van der Waals surface area contributed by atoms with Gasteiger partial charge in [0.15, 0.2) is 0 Å². The summed E-state index contributed by atoms with van der Waals surface area (Å²) in [5.41, 5.74) is -2.15. The van der Waals surface area contributed by atoms with Crippen LogP contribution >= 0.6 is 0 Å². The highest BCUT2D eigenvalue weighted by Gasteiger charge is 2.40. The van der Waals surface area contributed by atoms with Gasteiger partial charge in [0.05, 0.1) is 0 Å². The van der Waals surface area contributed by atoms with Gasteiger partial charge in [-0.1, -0.05) is 31.9 Å². The molecule has 1 heterocycles. The Hall–Kier alpha value is -2.58. The number of nitrogens with zero attached hydrogens (tertiary/aromatic N) is 1. The van der Waals surface area contributed by atoms with Gasteiger partial charge in [0.25, 0.3) is 0 Å². The zero-order valence-electron chi connectivity index (χ0n) is 20.0. The molecule has 1 rings (SSSR count). The van der Waals surface area contributed by atoms with Crippen LogP contribution in [0.5, 0.6) is 0 Å². The Morgan fingerprint density at radius 3 is 2.41 bits per heavy atom. The van der Waals surface area contributed by atoms with Crippen molar-refractivity contribution in [3.63, 3.8) is 0 Å². The Morgan fingerprint density at radius 2 is 1.81 bits per heavy atom. The van der Waals surface area contributed by atoms with Crippen molar-refractivity contribution >= 4 is 23.9 Å². The highest BCUT2D eigenvalue weighted by Crippen LogP contribution is 2.20. The number of aliphatic carboxylic acids is 1. The zero-order chi connectivity index (χ0) is 24.4. The number of carbonyl (C=O) groups is 4. The first-order valence-electron chi connectivity index (χ1n) is 11.4. The molecule has 0 saturated carbocycles. The van der Waals surface area contributed by atoms with Crippen LogP contribution in [0.2, 0.25) is 0 Å². The SMILES string of the molecule is CCCCC/C=C\CC(C)(NC(=O)[C@@H]1CCCN1C(=O)CNC(=O)OC(C)(C)C)C(=O)O. The predicted molar refractivity (Wildman–Crippen MR) is 121 cm³/mol. The summed E-state index contributed by atoms with van der Waals surface area (Å²) in [6.45, 7) is 8.81. The quantitative estimate of drug-likeness (QED) is 0.326. The van der Waals surface area contributed by atoms with Gasteiger partial charge in [-0.3, -0.25) is 9.59 Å². The fourth-order valence-corrected chi connectivity index (χ4v) is 3.40. The van der Waals surface area contributed by atoms with Gasteiger partial charge in [-0.2, -0.15) is 0 Å². The van der Waals surface area contributed by atoms with Crippen molar-refractivity contribution in [2.75, 3.05) is 13.1 Å². The zero-order valence-corrected chi connectivity index (χ0v) is 20.0. The number of amides is 3. The molecule has 32 heavy (non-hydrogen) atoms. The standard InChI is InChI=1S/C23H39N3O6/c1-6-7-8-9-10-11-14-23(5,20(29)30)25-19(28)17-13-12-15-26(17)18(27)16-24-21(31)32-22(2,3)4/h10-11,17H,6-9,12-16H2,1-5H3,(H,24,31)(H,25,28)(H,29,30)/b11-10-/t17-,23?/m0/s1. The van der Waals surface area contributed by atoms with Crippen LogP contribution in [-0.2, 0) is 19.1 Å². The molecule has 1 aliphatic rings. The van der Waals surface area contributed by atoms with Crippen molar-refractivity contribution in [1.29, 1.82) is 0 Å². The number of carboxylic acids is 1. The van der Waals surface area contributed by atoms with E-state index in [4.69, 9.17) is 4.74 Å². The molecular formula is C23H39N3O6. The largest absolute Gasteiger partial charge is 0.480 e. The maximum atomic E-state index is 12.9. The first-order chi connectivity index (χ1) is 14.9. The van der Waals surface area contributed by atoms with Gasteiger partial charge in [0, 0.05) is 6.54 Å². The van der Waals surface area contributed by atoms with Gasteiger partial charge in [0.2, 0.25) is 11.8 Å². The van der Waals surface area contributed by atoms with Crippen LogP contribution in [0.15, 0.2) is 12.2 Å². The number of nitrogens with one attached hydrogen (secondary N) is 2. The van der Waals surface area contributed by atoms with E-state index in [0.717, 1.165) is 25.7 Å². The van der Waals surface area contributed by atoms with Gasteiger partial charge in [-0.05, 0) is 59.8 Å². The van der Waals surface area contributed by atoms with Gasteiger partial charge in [-0.15, -0.1) is 0 Å². The first kappa shape index (κ1) is 27.5. The molecule has 9 heteroatoms. The molecule has 0 spiro atoms. The molecule has 2 atom stereocenters.